The van der Waals surface area contributed by atoms with E-state index in [-0.39, 0.29) is 44.3 Å². The summed E-state index contributed by atoms with van der Waals surface area (Å²) in [6.07, 6.45) is 0.474. The van der Waals surface area contributed by atoms with Gasteiger partial charge in [-0.25, -0.2) is 0 Å². The zero-order valence-electron chi connectivity index (χ0n) is 12.3. The van der Waals surface area contributed by atoms with E-state index in [1.165, 1.54) is 14.2 Å². The molecule has 0 bridgehead atoms. The van der Waals surface area contributed by atoms with Crippen molar-refractivity contribution in [1.29, 1.82) is 0 Å². The summed E-state index contributed by atoms with van der Waals surface area (Å²) in [5.74, 6) is -0.833. The van der Waals surface area contributed by atoms with Crippen LogP contribution < -0.4 is 9.47 Å². The molecule has 0 amide bonds. The molecule has 0 fully saturated rings. The number of hydrogen-bond donors (Lipinski definition) is 0. The van der Waals surface area contributed by atoms with Crippen molar-refractivity contribution in [1.82, 2.24) is 0 Å². The number of benzene rings is 2. The maximum atomic E-state index is 12.8. The first kappa shape index (κ1) is 15.2. The average molecular weight is 331 g/mol. The minimum atomic E-state index is -0.412. The van der Waals surface area contributed by atoms with Gasteiger partial charge in [0.05, 0.1) is 35.9 Å². The number of fused-ring (bicyclic) bond motifs is 2. The standard InChI is InChI=1S/C17H11ClO5/c1-22-16-10(7-19)13(18)17(23-2)12-11(16)14(20)8-5-3-4-6-9(8)15(12)21/h3-7H,1-2H3. The van der Waals surface area contributed by atoms with Crippen LogP contribution in [0.15, 0.2) is 24.3 Å². The van der Waals surface area contributed by atoms with E-state index in [2.05, 4.69) is 0 Å². The van der Waals surface area contributed by atoms with Crippen molar-refractivity contribution in [2.75, 3.05) is 14.2 Å². The van der Waals surface area contributed by atoms with Gasteiger partial charge in [0.25, 0.3) is 0 Å². The molecular formula is C17H11ClO5. The van der Waals surface area contributed by atoms with E-state index in [4.69, 9.17) is 21.1 Å². The van der Waals surface area contributed by atoms with Crippen LogP contribution in [-0.4, -0.2) is 32.1 Å². The second-order valence-corrected chi connectivity index (χ2v) is 5.24. The molecule has 0 aromatic heterocycles. The second kappa shape index (κ2) is 5.52. The van der Waals surface area contributed by atoms with Gasteiger partial charge < -0.3 is 9.47 Å². The number of carbonyl (C=O) groups is 3. The normalized spacial score (nSPS) is 12.5. The molecule has 0 heterocycles. The van der Waals surface area contributed by atoms with Crippen molar-refractivity contribution in [3.05, 3.63) is 57.1 Å². The molecule has 2 aromatic rings. The molecule has 0 saturated heterocycles. The fourth-order valence-corrected chi connectivity index (χ4v) is 3.09. The third kappa shape index (κ3) is 1.97. The molecule has 0 aliphatic heterocycles. The summed E-state index contributed by atoms with van der Waals surface area (Å²) >= 11 is 6.17. The van der Waals surface area contributed by atoms with Crippen LogP contribution in [0.5, 0.6) is 11.5 Å². The zero-order valence-corrected chi connectivity index (χ0v) is 13.1. The SMILES string of the molecule is COc1c(Cl)c(C=O)c(OC)c2c1C(=O)c1ccccc1C2=O. The van der Waals surface area contributed by atoms with E-state index in [0.29, 0.717) is 6.29 Å². The maximum absolute atomic E-state index is 12.8. The Morgan fingerprint density at radius 1 is 0.913 bits per heavy atom. The number of methoxy groups -OCH3 is 2. The molecule has 0 N–H and O–H groups in total. The number of hydrogen-bond acceptors (Lipinski definition) is 5. The minimum absolute atomic E-state index is 0.000417. The van der Waals surface area contributed by atoms with Crippen LogP contribution in [-0.2, 0) is 0 Å². The summed E-state index contributed by atoms with van der Waals surface area (Å²) in [5.41, 5.74) is 0.512. The van der Waals surface area contributed by atoms with Gasteiger partial charge in [-0.05, 0) is 0 Å². The quantitative estimate of drug-likeness (QED) is 0.691. The van der Waals surface area contributed by atoms with E-state index in [1.807, 2.05) is 0 Å². The molecule has 6 heteroatoms. The smallest absolute Gasteiger partial charge is 0.198 e. The van der Waals surface area contributed by atoms with Crippen molar-refractivity contribution in [3.8, 4) is 11.5 Å². The second-order valence-electron chi connectivity index (χ2n) is 4.87. The first-order valence-corrected chi connectivity index (χ1v) is 7.05. The predicted octanol–water partition coefficient (Wildman–Crippen LogP) is 2.95. The lowest BCUT2D eigenvalue weighted by molar-refractivity contribution is 0.0973. The summed E-state index contributed by atoms with van der Waals surface area (Å²) in [4.78, 5) is 37.0. The zero-order chi connectivity index (χ0) is 16.7. The molecule has 0 spiro atoms. The van der Waals surface area contributed by atoms with Crippen molar-refractivity contribution >= 4 is 29.5 Å². The van der Waals surface area contributed by atoms with Gasteiger partial charge in [0.1, 0.15) is 11.5 Å². The molecular weight excluding hydrogens is 320 g/mol. The molecule has 0 saturated carbocycles. The highest BCUT2D eigenvalue weighted by atomic mass is 35.5. The molecule has 0 unspecified atom stereocenters. The summed E-state index contributed by atoms with van der Waals surface area (Å²) in [5, 5.41) is -0.0568. The highest BCUT2D eigenvalue weighted by molar-refractivity contribution is 6.38. The average Bonchev–Trinajstić information content (AvgIpc) is 2.58. The predicted molar refractivity (Wildman–Crippen MR) is 83.3 cm³/mol. The highest BCUT2D eigenvalue weighted by Gasteiger charge is 2.38. The van der Waals surface area contributed by atoms with Crippen LogP contribution >= 0.6 is 11.6 Å². The number of carbonyl (C=O) groups excluding carboxylic acids is 3. The van der Waals surface area contributed by atoms with Crippen LogP contribution in [0.4, 0.5) is 0 Å². The number of ketones is 2. The van der Waals surface area contributed by atoms with Gasteiger partial charge in [0, 0.05) is 11.1 Å². The largest absolute Gasteiger partial charge is 0.495 e. The van der Waals surface area contributed by atoms with Crippen LogP contribution in [0, 0.1) is 0 Å². The van der Waals surface area contributed by atoms with E-state index in [1.54, 1.807) is 24.3 Å². The molecule has 0 radical (unpaired) electrons. The van der Waals surface area contributed by atoms with Crippen molar-refractivity contribution in [2.24, 2.45) is 0 Å². The van der Waals surface area contributed by atoms with Crippen LogP contribution in [0.1, 0.15) is 42.2 Å². The van der Waals surface area contributed by atoms with E-state index in [0.717, 1.165) is 0 Å². The highest BCUT2D eigenvalue weighted by Crippen LogP contribution is 2.45. The van der Waals surface area contributed by atoms with Gasteiger partial charge in [0.15, 0.2) is 17.9 Å². The van der Waals surface area contributed by atoms with Gasteiger partial charge >= 0.3 is 0 Å². The Balaban J connectivity index is 2.49. The minimum Gasteiger partial charge on any atom is -0.495 e. The molecule has 5 nitrogen and oxygen atoms in total. The number of rotatable bonds is 3. The molecule has 23 heavy (non-hydrogen) atoms. The summed E-state index contributed by atoms with van der Waals surface area (Å²) in [7, 11) is 2.63. The molecule has 116 valence electrons. The lowest BCUT2D eigenvalue weighted by atomic mass is 9.82. The Morgan fingerprint density at radius 2 is 1.39 bits per heavy atom. The van der Waals surface area contributed by atoms with E-state index < -0.39 is 11.6 Å². The Morgan fingerprint density at radius 3 is 1.83 bits per heavy atom. The monoisotopic (exact) mass is 330 g/mol. The van der Waals surface area contributed by atoms with Crippen molar-refractivity contribution in [2.45, 2.75) is 0 Å². The van der Waals surface area contributed by atoms with Gasteiger partial charge in [0.2, 0.25) is 0 Å². The molecule has 2 aromatic carbocycles. The van der Waals surface area contributed by atoms with Gasteiger partial charge in [-0.3, -0.25) is 14.4 Å². The first-order chi connectivity index (χ1) is 11.1. The van der Waals surface area contributed by atoms with Crippen LogP contribution in [0.25, 0.3) is 0 Å². The summed E-state index contributed by atoms with van der Waals surface area (Å²) in [6.45, 7) is 0. The number of ether oxygens (including phenoxy) is 2. The van der Waals surface area contributed by atoms with Crippen LogP contribution in [0.3, 0.4) is 0 Å². The van der Waals surface area contributed by atoms with E-state index >= 15 is 0 Å². The Bertz CT molecular complexity index is 870. The van der Waals surface area contributed by atoms with Gasteiger partial charge in [-0.1, -0.05) is 35.9 Å². The third-order valence-corrected chi connectivity index (χ3v) is 4.16. The third-order valence-electron chi connectivity index (χ3n) is 3.78. The van der Waals surface area contributed by atoms with Gasteiger partial charge in [-0.2, -0.15) is 0 Å². The van der Waals surface area contributed by atoms with Crippen molar-refractivity contribution in [3.63, 3.8) is 0 Å². The van der Waals surface area contributed by atoms with Crippen molar-refractivity contribution < 1.29 is 23.9 Å². The lowest BCUT2D eigenvalue weighted by Crippen LogP contribution is -2.23. The summed E-state index contributed by atoms with van der Waals surface area (Å²) < 4.78 is 10.4. The Hall–Kier alpha value is -2.66. The molecule has 0 atom stereocenters. The fraction of sp³-hybridized carbons (Fsp3) is 0.118. The molecule has 1 aliphatic rings. The fourth-order valence-electron chi connectivity index (χ4n) is 2.78. The maximum Gasteiger partial charge on any atom is 0.198 e. The number of aldehydes is 1. The lowest BCUT2D eigenvalue weighted by Gasteiger charge is -2.23. The topological polar surface area (TPSA) is 69.7 Å². The van der Waals surface area contributed by atoms with Gasteiger partial charge in [-0.15, -0.1) is 0 Å². The first-order valence-electron chi connectivity index (χ1n) is 6.67. The Kier molecular flexibility index (Phi) is 3.66. The molecule has 3 rings (SSSR count). The van der Waals surface area contributed by atoms with E-state index in [9.17, 15) is 14.4 Å². The number of halogens is 1. The molecule has 1 aliphatic carbocycles. The summed E-state index contributed by atoms with van der Waals surface area (Å²) in [6, 6.07) is 6.45. The van der Waals surface area contributed by atoms with Crippen LogP contribution in [0.2, 0.25) is 5.02 Å². The Labute approximate surface area is 136 Å².